The number of rotatable bonds is 5. The number of thioether (sulfide) groups is 1. The zero-order chi connectivity index (χ0) is 15.5. The average Bonchev–Trinajstić information content (AvgIpc) is 2.97. The first kappa shape index (κ1) is 14.3. The molecule has 0 aliphatic rings. The highest BCUT2D eigenvalue weighted by atomic mass is 32.2. The third kappa shape index (κ3) is 2.87. The molecule has 0 unspecified atom stereocenters. The van der Waals surface area contributed by atoms with Gasteiger partial charge in [-0.05, 0) is 24.3 Å². The van der Waals surface area contributed by atoms with Crippen LogP contribution < -0.4 is 0 Å². The lowest BCUT2D eigenvalue weighted by atomic mass is 10.2. The molecule has 0 atom stereocenters. The maximum Gasteiger partial charge on any atom is 0.338 e. The van der Waals surface area contributed by atoms with Gasteiger partial charge in [-0.1, -0.05) is 30.0 Å². The summed E-state index contributed by atoms with van der Waals surface area (Å²) in [4.78, 5) is 27.3. The van der Waals surface area contributed by atoms with Crippen LogP contribution in [-0.4, -0.2) is 27.6 Å². The molecule has 0 saturated carbocycles. The summed E-state index contributed by atoms with van der Waals surface area (Å²) in [6, 6.07) is 12.1. The van der Waals surface area contributed by atoms with E-state index in [1.165, 1.54) is 12.3 Å². The number of para-hydroxylation sites is 1. The minimum atomic E-state index is -1.06. The summed E-state index contributed by atoms with van der Waals surface area (Å²) in [5.41, 5.74) is 0.741. The molecule has 0 amide bonds. The van der Waals surface area contributed by atoms with Gasteiger partial charge in [0.25, 0.3) is 0 Å². The number of furan rings is 1. The zero-order valence-electron chi connectivity index (χ0n) is 11.4. The molecule has 0 radical (unpaired) electrons. The number of carbonyl (C=O) groups is 2. The van der Waals surface area contributed by atoms with E-state index < -0.39 is 5.97 Å². The highest BCUT2D eigenvalue weighted by Gasteiger charge is 2.16. The summed E-state index contributed by atoms with van der Waals surface area (Å²) in [6.45, 7) is 0. The molecule has 3 aromatic rings. The van der Waals surface area contributed by atoms with Gasteiger partial charge in [0.05, 0.1) is 11.3 Å². The molecule has 1 N–H and O–H groups in total. The third-order valence-corrected chi connectivity index (χ3v) is 4.05. The second-order valence-corrected chi connectivity index (χ2v) is 5.49. The summed E-state index contributed by atoms with van der Waals surface area (Å²) in [5.74, 6) is -0.937. The molecule has 0 fully saturated rings. The number of carbonyl (C=O) groups excluding carboxylic acids is 1. The van der Waals surface area contributed by atoms with Gasteiger partial charge in [0, 0.05) is 11.6 Å². The Hall–Kier alpha value is -2.60. The number of aromatic nitrogens is 1. The molecule has 0 aliphatic heterocycles. The minimum Gasteiger partial charge on any atom is -0.478 e. The number of Topliss-reactive ketones (excluding diaryl/α,β-unsaturated/α-hetero) is 1. The fourth-order valence-corrected chi connectivity index (χ4v) is 2.85. The van der Waals surface area contributed by atoms with E-state index in [0.29, 0.717) is 10.6 Å². The lowest BCUT2D eigenvalue weighted by Crippen LogP contribution is -2.04. The lowest BCUT2D eigenvalue weighted by molar-refractivity contribution is 0.0692. The van der Waals surface area contributed by atoms with Crippen LogP contribution in [0.1, 0.15) is 20.9 Å². The largest absolute Gasteiger partial charge is 0.478 e. The molecular weight excluding hydrogens is 302 g/mol. The van der Waals surface area contributed by atoms with Crippen molar-refractivity contribution in [2.45, 2.75) is 5.03 Å². The molecule has 0 saturated heterocycles. The smallest absolute Gasteiger partial charge is 0.338 e. The Labute approximate surface area is 130 Å². The topological polar surface area (TPSA) is 80.4 Å². The van der Waals surface area contributed by atoms with Crippen molar-refractivity contribution < 1.29 is 19.1 Å². The van der Waals surface area contributed by atoms with Gasteiger partial charge < -0.3 is 9.52 Å². The fourth-order valence-electron chi connectivity index (χ4n) is 1.99. The summed E-state index contributed by atoms with van der Waals surface area (Å²) < 4.78 is 5.50. The van der Waals surface area contributed by atoms with Crippen LogP contribution in [0.2, 0.25) is 0 Å². The van der Waals surface area contributed by atoms with Crippen LogP contribution in [0.4, 0.5) is 0 Å². The summed E-state index contributed by atoms with van der Waals surface area (Å²) >= 11 is 1.09. The molecule has 6 heteroatoms. The van der Waals surface area contributed by atoms with Gasteiger partial charge in [0.2, 0.25) is 5.78 Å². The summed E-state index contributed by atoms with van der Waals surface area (Å²) in [5, 5.41) is 10.3. The second kappa shape index (κ2) is 6.03. The van der Waals surface area contributed by atoms with Gasteiger partial charge in [-0.15, -0.1) is 0 Å². The maximum absolute atomic E-state index is 12.2. The van der Waals surface area contributed by atoms with Crippen molar-refractivity contribution in [2.24, 2.45) is 0 Å². The number of hydrogen-bond acceptors (Lipinski definition) is 5. The summed E-state index contributed by atoms with van der Waals surface area (Å²) in [6.07, 6.45) is 1.50. The number of hydrogen-bond donors (Lipinski definition) is 1. The molecule has 0 bridgehead atoms. The first-order chi connectivity index (χ1) is 10.6. The van der Waals surface area contributed by atoms with E-state index in [0.717, 1.165) is 17.1 Å². The minimum absolute atomic E-state index is 0.0666. The van der Waals surface area contributed by atoms with Crippen molar-refractivity contribution in [2.75, 3.05) is 5.75 Å². The van der Waals surface area contributed by atoms with Crippen molar-refractivity contribution in [1.82, 2.24) is 4.98 Å². The van der Waals surface area contributed by atoms with Gasteiger partial charge >= 0.3 is 5.97 Å². The zero-order valence-corrected chi connectivity index (χ0v) is 12.2. The highest BCUT2D eigenvalue weighted by molar-refractivity contribution is 8.00. The normalized spacial score (nSPS) is 10.7. The first-order valence-electron chi connectivity index (χ1n) is 6.48. The monoisotopic (exact) mass is 313 g/mol. The van der Waals surface area contributed by atoms with Crippen LogP contribution in [0.5, 0.6) is 0 Å². The molecule has 110 valence electrons. The molecule has 0 spiro atoms. The van der Waals surface area contributed by atoms with Gasteiger partial charge in [0.15, 0.2) is 5.76 Å². The average molecular weight is 313 g/mol. The fraction of sp³-hybridized carbons (Fsp3) is 0.0625. The Morgan fingerprint density at radius 3 is 2.77 bits per heavy atom. The van der Waals surface area contributed by atoms with E-state index in [2.05, 4.69) is 4.98 Å². The van der Waals surface area contributed by atoms with Crippen molar-refractivity contribution in [3.63, 3.8) is 0 Å². The molecule has 5 nitrogen and oxygen atoms in total. The Morgan fingerprint density at radius 2 is 2.00 bits per heavy atom. The number of nitrogens with zero attached hydrogens (tertiary/aromatic N) is 1. The SMILES string of the molecule is O=C(CSc1ncccc1C(=O)O)c1cc2ccccc2o1. The molecule has 2 heterocycles. The van der Waals surface area contributed by atoms with Gasteiger partial charge in [0.1, 0.15) is 10.6 Å². The number of carboxylic acid groups (broad SMARTS) is 1. The molecule has 0 aliphatic carbocycles. The first-order valence-corrected chi connectivity index (χ1v) is 7.46. The van der Waals surface area contributed by atoms with Gasteiger partial charge in [-0.25, -0.2) is 9.78 Å². The van der Waals surface area contributed by atoms with Crippen LogP contribution in [0.15, 0.2) is 58.1 Å². The number of fused-ring (bicyclic) bond motifs is 1. The van der Waals surface area contributed by atoms with E-state index in [9.17, 15) is 9.59 Å². The van der Waals surface area contributed by atoms with Crippen molar-refractivity contribution in [3.8, 4) is 0 Å². The molecular formula is C16H11NO4S. The molecule has 1 aromatic carbocycles. The Balaban J connectivity index is 1.76. The van der Waals surface area contributed by atoms with Crippen molar-refractivity contribution in [3.05, 3.63) is 60.0 Å². The predicted octanol–water partition coefficient (Wildman–Crippen LogP) is 3.50. The van der Waals surface area contributed by atoms with Gasteiger partial charge in [-0.3, -0.25) is 4.79 Å². The summed E-state index contributed by atoms with van der Waals surface area (Å²) in [7, 11) is 0. The maximum atomic E-state index is 12.2. The van der Waals surface area contributed by atoms with Crippen LogP contribution in [0.25, 0.3) is 11.0 Å². The highest BCUT2D eigenvalue weighted by Crippen LogP contribution is 2.24. The standard InChI is InChI=1S/C16H11NO4S/c18-12(14-8-10-4-1-2-6-13(10)21-14)9-22-15-11(16(19)20)5-3-7-17-15/h1-8H,9H2,(H,19,20). The van der Waals surface area contributed by atoms with Gasteiger partial charge in [-0.2, -0.15) is 0 Å². The van der Waals surface area contributed by atoms with Crippen LogP contribution in [0, 0.1) is 0 Å². The number of carboxylic acids is 1. The lowest BCUT2D eigenvalue weighted by Gasteiger charge is -2.02. The van der Waals surface area contributed by atoms with Crippen molar-refractivity contribution in [1.29, 1.82) is 0 Å². The second-order valence-electron chi connectivity index (χ2n) is 4.52. The number of ketones is 1. The van der Waals surface area contributed by atoms with E-state index in [1.54, 1.807) is 18.2 Å². The quantitative estimate of drug-likeness (QED) is 0.573. The van der Waals surface area contributed by atoms with Crippen LogP contribution in [-0.2, 0) is 0 Å². The van der Waals surface area contributed by atoms with Crippen LogP contribution in [0.3, 0.4) is 0 Å². The van der Waals surface area contributed by atoms with Crippen molar-refractivity contribution >= 4 is 34.5 Å². The van der Waals surface area contributed by atoms with E-state index >= 15 is 0 Å². The molecule has 22 heavy (non-hydrogen) atoms. The van der Waals surface area contributed by atoms with E-state index in [-0.39, 0.29) is 22.9 Å². The molecule has 3 rings (SSSR count). The van der Waals surface area contributed by atoms with E-state index in [1.807, 2.05) is 18.2 Å². The number of aromatic carboxylic acids is 1. The third-order valence-electron chi connectivity index (χ3n) is 3.04. The number of benzene rings is 1. The molecule has 2 aromatic heterocycles. The van der Waals surface area contributed by atoms with Crippen LogP contribution >= 0.6 is 11.8 Å². The van der Waals surface area contributed by atoms with E-state index in [4.69, 9.17) is 9.52 Å². The Kier molecular flexibility index (Phi) is 3.93. The Bertz CT molecular complexity index is 823. The predicted molar refractivity (Wildman–Crippen MR) is 82.5 cm³/mol. The number of pyridine rings is 1. The Morgan fingerprint density at radius 1 is 1.18 bits per heavy atom.